The fourth-order valence-electron chi connectivity index (χ4n) is 7.53. The molecule has 0 aromatic carbocycles. The van der Waals surface area contributed by atoms with Gasteiger partial charge >= 0.3 is 17.9 Å². The maximum atomic E-state index is 12.8. The highest BCUT2D eigenvalue weighted by Gasteiger charge is 2.19. The van der Waals surface area contributed by atoms with Crippen molar-refractivity contribution in [1.82, 2.24) is 0 Å². The molecule has 0 aromatic rings. The van der Waals surface area contributed by atoms with E-state index in [0.29, 0.717) is 19.3 Å². The Morgan fingerprint density at radius 2 is 0.549 bits per heavy atom. The second-order valence-electron chi connectivity index (χ2n) is 18.8. The van der Waals surface area contributed by atoms with Crippen molar-refractivity contribution < 1.29 is 28.6 Å². The molecule has 6 nitrogen and oxygen atoms in total. The molecular formula is C65H106O6. The van der Waals surface area contributed by atoms with Gasteiger partial charge < -0.3 is 14.2 Å². The molecule has 402 valence electrons. The van der Waals surface area contributed by atoms with Crippen LogP contribution in [0.15, 0.2) is 122 Å². The van der Waals surface area contributed by atoms with Gasteiger partial charge in [-0.25, -0.2) is 0 Å². The Labute approximate surface area is 437 Å². The van der Waals surface area contributed by atoms with Crippen molar-refractivity contribution in [3.8, 4) is 0 Å². The summed E-state index contributed by atoms with van der Waals surface area (Å²) in [6.45, 7) is 6.46. The van der Waals surface area contributed by atoms with Gasteiger partial charge in [0.1, 0.15) is 13.2 Å². The average Bonchev–Trinajstić information content (AvgIpc) is 3.37. The van der Waals surface area contributed by atoms with Crippen LogP contribution in [0.25, 0.3) is 0 Å². The minimum absolute atomic E-state index is 0.130. The molecule has 0 saturated heterocycles. The van der Waals surface area contributed by atoms with Gasteiger partial charge in [0.2, 0.25) is 0 Å². The summed E-state index contributed by atoms with van der Waals surface area (Å²) < 4.78 is 16.7. The molecule has 0 aliphatic heterocycles. The second-order valence-corrected chi connectivity index (χ2v) is 18.8. The van der Waals surface area contributed by atoms with Crippen LogP contribution in [0.1, 0.15) is 252 Å². The zero-order valence-electron chi connectivity index (χ0n) is 45.9. The van der Waals surface area contributed by atoms with Crippen LogP contribution in [0, 0.1) is 0 Å². The lowest BCUT2D eigenvalue weighted by atomic mass is 10.1. The number of hydrogen-bond acceptors (Lipinski definition) is 6. The fourth-order valence-corrected chi connectivity index (χ4v) is 7.53. The van der Waals surface area contributed by atoms with Crippen molar-refractivity contribution in [2.24, 2.45) is 0 Å². The molecule has 0 bridgehead atoms. The van der Waals surface area contributed by atoms with E-state index in [2.05, 4.69) is 130 Å². The zero-order valence-corrected chi connectivity index (χ0v) is 45.9. The first-order valence-corrected chi connectivity index (χ1v) is 29.0. The number of ether oxygens (including phenoxy) is 3. The SMILES string of the molecule is CCCCC/C=C\C/C=C\C/C=C\C/C=C\C/C=C\CCC(=O)O[C@@H](COC(=O)CCC/C=C\C/C=C\C/C=C\CCCCCCCC)COC(=O)CCCCCCCCC/C=C\C/C=C\CCCCC. The molecule has 71 heavy (non-hydrogen) atoms. The smallest absolute Gasteiger partial charge is 0.306 e. The van der Waals surface area contributed by atoms with Crippen LogP contribution >= 0.6 is 0 Å². The van der Waals surface area contributed by atoms with Crippen molar-refractivity contribution in [2.45, 2.75) is 258 Å². The Morgan fingerprint density at radius 3 is 0.930 bits per heavy atom. The summed E-state index contributed by atoms with van der Waals surface area (Å²) in [6.07, 6.45) is 80.6. The highest BCUT2D eigenvalue weighted by atomic mass is 16.6. The van der Waals surface area contributed by atoms with Gasteiger partial charge in [-0.1, -0.05) is 232 Å². The molecule has 0 fully saturated rings. The Balaban J connectivity index is 4.60. The average molecular weight is 984 g/mol. The number of esters is 3. The number of carbonyl (C=O) groups excluding carboxylic acids is 3. The summed E-state index contributed by atoms with van der Waals surface area (Å²) in [5.41, 5.74) is 0. The fraction of sp³-hybridized carbons (Fsp3) is 0.646. The number of carbonyl (C=O) groups is 3. The summed E-state index contributed by atoms with van der Waals surface area (Å²) in [7, 11) is 0. The van der Waals surface area contributed by atoms with Crippen LogP contribution in [-0.2, 0) is 28.6 Å². The summed E-state index contributed by atoms with van der Waals surface area (Å²) >= 11 is 0. The first kappa shape index (κ1) is 66.8. The molecule has 0 spiro atoms. The normalized spacial score (nSPS) is 13.0. The molecule has 0 aliphatic carbocycles. The van der Waals surface area contributed by atoms with Gasteiger partial charge in [-0.3, -0.25) is 14.4 Å². The molecule has 0 N–H and O–H groups in total. The van der Waals surface area contributed by atoms with E-state index in [1.165, 1.54) is 122 Å². The molecule has 0 rings (SSSR count). The van der Waals surface area contributed by atoms with Crippen LogP contribution < -0.4 is 0 Å². The summed E-state index contributed by atoms with van der Waals surface area (Å²) in [5.74, 6) is -1.08. The van der Waals surface area contributed by atoms with Crippen molar-refractivity contribution in [3.05, 3.63) is 122 Å². The largest absolute Gasteiger partial charge is 0.462 e. The van der Waals surface area contributed by atoms with E-state index in [1.807, 2.05) is 12.2 Å². The van der Waals surface area contributed by atoms with E-state index < -0.39 is 12.1 Å². The predicted molar refractivity (Wildman–Crippen MR) is 306 cm³/mol. The monoisotopic (exact) mass is 983 g/mol. The summed E-state index contributed by atoms with van der Waals surface area (Å²) in [6, 6.07) is 0. The van der Waals surface area contributed by atoms with Crippen LogP contribution in [-0.4, -0.2) is 37.2 Å². The van der Waals surface area contributed by atoms with Gasteiger partial charge in [-0.15, -0.1) is 0 Å². The van der Waals surface area contributed by atoms with E-state index in [4.69, 9.17) is 14.2 Å². The third-order valence-corrected chi connectivity index (χ3v) is 11.9. The van der Waals surface area contributed by atoms with Gasteiger partial charge in [0.15, 0.2) is 6.10 Å². The number of hydrogen-bond donors (Lipinski definition) is 0. The van der Waals surface area contributed by atoms with Gasteiger partial charge in [-0.05, 0) is 122 Å². The maximum Gasteiger partial charge on any atom is 0.306 e. The summed E-state index contributed by atoms with van der Waals surface area (Å²) in [4.78, 5) is 38.1. The first-order chi connectivity index (χ1) is 35.0. The lowest BCUT2D eigenvalue weighted by Crippen LogP contribution is -2.30. The molecule has 0 amide bonds. The van der Waals surface area contributed by atoms with E-state index in [1.54, 1.807) is 0 Å². The minimum atomic E-state index is -0.845. The number of unbranched alkanes of at least 4 members (excludes halogenated alkanes) is 20. The molecule has 6 heteroatoms. The lowest BCUT2D eigenvalue weighted by Gasteiger charge is -2.18. The van der Waals surface area contributed by atoms with Gasteiger partial charge in [0.25, 0.3) is 0 Å². The highest BCUT2D eigenvalue weighted by molar-refractivity contribution is 5.71. The van der Waals surface area contributed by atoms with Gasteiger partial charge in [0.05, 0.1) is 0 Å². The van der Waals surface area contributed by atoms with E-state index in [9.17, 15) is 14.4 Å². The Bertz CT molecular complexity index is 1500. The first-order valence-electron chi connectivity index (χ1n) is 29.0. The Morgan fingerprint density at radius 1 is 0.282 bits per heavy atom. The third-order valence-electron chi connectivity index (χ3n) is 11.9. The molecule has 0 heterocycles. The number of allylic oxidation sites excluding steroid dienone is 20. The van der Waals surface area contributed by atoms with Crippen LogP contribution in [0.4, 0.5) is 0 Å². The van der Waals surface area contributed by atoms with Gasteiger partial charge in [0, 0.05) is 19.3 Å². The summed E-state index contributed by atoms with van der Waals surface area (Å²) in [5, 5.41) is 0. The second kappa shape index (κ2) is 58.4. The Kier molecular flexibility index (Phi) is 54.9. The van der Waals surface area contributed by atoms with Crippen molar-refractivity contribution in [1.29, 1.82) is 0 Å². The predicted octanol–water partition coefficient (Wildman–Crippen LogP) is 19.6. The van der Waals surface area contributed by atoms with Crippen LogP contribution in [0.3, 0.4) is 0 Å². The molecule has 0 saturated carbocycles. The molecule has 0 radical (unpaired) electrons. The van der Waals surface area contributed by atoms with Crippen molar-refractivity contribution in [2.75, 3.05) is 13.2 Å². The van der Waals surface area contributed by atoms with Crippen molar-refractivity contribution >= 4 is 17.9 Å². The topological polar surface area (TPSA) is 78.9 Å². The van der Waals surface area contributed by atoms with Gasteiger partial charge in [-0.2, -0.15) is 0 Å². The van der Waals surface area contributed by atoms with E-state index >= 15 is 0 Å². The lowest BCUT2D eigenvalue weighted by molar-refractivity contribution is -0.166. The van der Waals surface area contributed by atoms with E-state index in [0.717, 1.165) is 77.0 Å². The zero-order chi connectivity index (χ0) is 51.4. The molecule has 1 atom stereocenters. The standard InChI is InChI=1S/C65H106O6/c1-4-7-10-13-16-19-22-25-28-31-32-35-38-41-44-47-50-53-56-59-65(68)71-62(60-69-63(66)57-54-51-48-45-42-39-36-33-29-26-23-20-17-14-11-8-5-2)61-70-64(67)58-55-52-49-46-43-40-37-34-30-27-24-21-18-15-12-9-6-3/h16-17,19-20,25-30,32,35,37,40-41,44,46,49-50,53,62H,4-15,18,21-24,31,33-34,36,38-39,42-43,45,47-48,51-52,54-61H2,1-3H3/b19-16-,20-17-,28-25-,29-26-,30-27-,35-32-,40-37-,44-41-,49-46-,53-50-/t62-/m1/s1. The molecular weight excluding hydrogens is 877 g/mol. The highest BCUT2D eigenvalue weighted by Crippen LogP contribution is 2.13. The minimum Gasteiger partial charge on any atom is -0.462 e. The number of rotatable bonds is 51. The van der Waals surface area contributed by atoms with Crippen LogP contribution in [0.5, 0.6) is 0 Å². The molecule has 0 aromatic heterocycles. The van der Waals surface area contributed by atoms with Crippen molar-refractivity contribution in [3.63, 3.8) is 0 Å². The molecule has 0 unspecified atom stereocenters. The quantitative estimate of drug-likeness (QED) is 0.0261. The van der Waals surface area contributed by atoms with Crippen LogP contribution in [0.2, 0.25) is 0 Å². The van der Waals surface area contributed by atoms with E-state index in [-0.39, 0.29) is 38.0 Å². The maximum absolute atomic E-state index is 12.8. The third kappa shape index (κ3) is 56.6. The molecule has 0 aliphatic rings. The Hall–Kier alpha value is -4.19.